The third-order valence-electron chi connectivity index (χ3n) is 4.11. The first-order chi connectivity index (χ1) is 13.8. The summed E-state index contributed by atoms with van der Waals surface area (Å²) in [7, 11) is -3.94. The molecule has 0 aliphatic heterocycles. The maximum Gasteiger partial charge on any atom is 0.265 e. The van der Waals surface area contributed by atoms with Crippen LogP contribution in [0.1, 0.15) is 5.56 Å². The van der Waals surface area contributed by atoms with E-state index in [4.69, 9.17) is 11.6 Å². The smallest absolute Gasteiger partial charge is 0.265 e. The zero-order chi connectivity index (χ0) is 20.6. The van der Waals surface area contributed by atoms with Crippen LogP contribution in [0.15, 0.2) is 58.5 Å². The molecule has 4 rings (SSSR count). The molecular weight excluding hydrogens is 432 g/mol. The number of aromatic amines is 1. The second-order valence-corrected chi connectivity index (χ2v) is 8.76. The van der Waals surface area contributed by atoms with Crippen LogP contribution in [0.2, 0.25) is 5.02 Å². The van der Waals surface area contributed by atoms with E-state index in [9.17, 15) is 8.42 Å². The molecule has 0 atom stereocenters. The number of thiol groups is 1. The van der Waals surface area contributed by atoms with Crippen LogP contribution in [-0.2, 0) is 10.0 Å². The number of nitrogens with zero attached hydrogens (tertiary/aromatic N) is 3. The molecular formula is C18H15ClN6O2S2. The number of hydrogen-bond acceptors (Lipinski definition) is 7. The van der Waals surface area contributed by atoms with Crippen LogP contribution < -0.4 is 10.0 Å². The number of rotatable bonds is 5. The number of aryl methyl sites for hydroxylation is 1. The zero-order valence-electron chi connectivity index (χ0n) is 15.0. The summed E-state index contributed by atoms with van der Waals surface area (Å²) in [6.07, 6.45) is 1.72. The van der Waals surface area contributed by atoms with Gasteiger partial charge in [-0.3, -0.25) is 4.98 Å². The lowest BCUT2D eigenvalue weighted by molar-refractivity contribution is 0.599. The standard InChI is InChI=1S/C18H15ClN6O2S2/c1-10-7-16(15(28)9-13(10)19)29(26,27)25-18-22-17(23-24-18)21-12-4-5-14-11(8-12)3-2-6-20-14/h2-9,28H,1H3,(H3,21,22,23,24,25). The third-order valence-corrected chi connectivity index (χ3v) is 6.40. The Morgan fingerprint density at radius 3 is 2.83 bits per heavy atom. The fourth-order valence-electron chi connectivity index (χ4n) is 2.69. The Bertz CT molecular complexity index is 1320. The van der Waals surface area contributed by atoms with E-state index in [1.165, 1.54) is 12.1 Å². The van der Waals surface area contributed by atoms with Crippen molar-refractivity contribution in [3.05, 3.63) is 59.2 Å². The lowest BCUT2D eigenvalue weighted by atomic mass is 10.2. The van der Waals surface area contributed by atoms with Crippen molar-refractivity contribution in [2.45, 2.75) is 16.7 Å². The first kappa shape index (κ1) is 19.5. The number of fused-ring (bicyclic) bond motifs is 1. The van der Waals surface area contributed by atoms with Gasteiger partial charge in [-0.05, 0) is 48.9 Å². The van der Waals surface area contributed by atoms with Gasteiger partial charge in [-0.15, -0.1) is 17.7 Å². The molecule has 0 spiro atoms. The number of sulfonamides is 1. The van der Waals surface area contributed by atoms with E-state index >= 15 is 0 Å². The molecule has 0 bridgehead atoms. The quantitative estimate of drug-likeness (QED) is 0.342. The van der Waals surface area contributed by atoms with Crippen LogP contribution in [0, 0.1) is 6.92 Å². The van der Waals surface area contributed by atoms with Gasteiger partial charge in [0, 0.05) is 27.2 Å². The van der Waals surface area contributed by atoms with Crippen LogP contribution in [-0.4, -0.2) is 28.6 Å². The van der Waals surface area contributed by atoms with E-state index in [1.807, 2.05) is 30.3 Å². The van der Waals surface area contributed by atoms with Crippen LogP contribution in [0.4, 0.5) is 17.6 Å². The van der Waals surface area contributed by atoms with E-state index < -0.39 is 10.0 Å². The molecule has 3 N–H and O–H groups in total. The fourth-order valence-corrected chi connectivity index (χ4v) is 4.59. The minimum Gasteiger partial charge on any atom is -0.324 e. The second kappa shape index (κ2) is 7.54. The molecule has 0 fully saturated rings. The molecule has 8 nitrogen and oxygen atoms in total. The van der Waals surface area contributed by atoms with Crippen molar-refractivity contribution in [2.24, 2.45) is 0 Å². The highest BCUT2D eigenvalue weighted by molar-refractivity contribution is 7.93. The molecule has 148 valence electrons. The third kappa shape index (κ3) is 4.14. The number of benzene rings is 2. The Kier molecular flexibility index (Phi) is 5.07. The Morgan fingerprint density at radius 2 is 2.00 bits per heavy atom. The molecule has 0 unspecified atom stereocenters. The summed E-state index contributed by atoms with van der Waals surface area (Å²) in [6.45, 7) is 1.71. The summed E-state index contributed by atoms with van der Waals surface area (Å²) < 4.78 is 27.7. The van der Waals surface area contributed by atoms with Crippen LogP contribution in [0.25, 0.3) is 10.9 Å². The van der Waals surface area contributed by atoms with Crippen molar-refractivity contribution in [1.82, 2.24) is 20.2 Å². The number of halogens is 1. The summed E-state index contributed by atoms with van der Waals surface area (Å²) in [5, 5.41) is 11.0. The van der Waals surface area contributed by atoms with Crippen molar-refractivity contribution in [3.63, 3.8) is 0 Å². The summed E-state index contributed by atoms with van der Waals surface area (Å²) in [4.78, 5) is 8.62. The highest BCUT2D eigenvalue weighted by Crippen LogP contribution is 2.28. The van der Waals surface area contributed by atoms with Crippen LogP contribution >= 0.6 is 24.2 Å². The van der Waals surface area contributed by atoms with Gasteiger partial charge < -0.3 is 5.32 Å². The topological polar surface area (TPSA) is 113 Å². The molecule has 4 aromatic rings. The minimum absolute atomic E-state index is 0.0101. The predicted octanol–water partition coefficient (Wildman–Crippen LogP) is 4.15. The zero-order valence-corrected chi connectivity index (χ0v) is 17.5. The molecule has 0 aliphatic carbocycles. The highest BCUT2D eigenvalue weighted by Gasteiger charge is 2.21. The number of hydrogen-bond donors (Lipinski definition) is 4. The minimum atomic E-state index is -3.94. The number of aromatic nitrogens is 4. The van der Waals surface area contributed by atoms with Crippen molar-refractivity contribution in [2.75, 3.05) is 10.0 Å². The van der Waals surface area contributed by atoms with Gasteiger partial charge in [0.1, 0.15) is 4.90 Å². The molecule has 0 aliphatic rings. The van der Waals surface area contributed by atoms with Crippen molar-refractivity contribution in [3.8, 4) is 0 Å². The van der Waals surface area contributed by atoms with Gasteiger partial charge in [0.05, 0.1) is 5.52 Å². The van der Waals surface area contributed by atoms with Gasteiger partial charge in [0.15, 0.2) is 0 Å². The van der Waals surface area contributed by atoms with E-state index in [-0.39, 0.29) is 21.7 Å². The van der Waals surface area contributed by atoms with Gasteiger partial charge in [-0.1, -0.05) is 17.7 Å². The predicted molar refractivity (Wildman–Crippen MR) is 116 cm³/mol. The largest absolute Gasteiger partial charge is 0.324 e. The first-order valence-corrected chi connectivity index (χ1v) is 10.7. The second-order valence-electron chi connectivity index (χ2n) is 6.22. The van der Waals surface area contributed by atoms with Crippen molar-refractivity contribution >= 4 is 62.7 Å². The monoisotopic (exact) mass is 446 g/mol. The normalized spacial score (nSPS) is 11.6. The molecule has 29 heavy (non-hydrogen) atoms. The molecule has 0 saturated carbocycles. The molecule has 0 saturated heterocycles. The molecule has 2 aromatic carbocycles. The number of pyridine rings is 1. The average molecular weight is 447 g/mol. The van der Waals surface area contributed by atoms with Crippen molar-refractivity contribution in [1.29, 1.82) is 0 Å². The number of H-pyrrole nitrogens is 1. The van der Waals surface area contributed by atoms with Crippen molar-refractivity contribution < 1.29 is 8.42 Å². The van der Waals surface area contributed by atoms with Gasteiger partial charge in [-0.25, -0.2) is 18.2 Å². The highest BCUT2D eigenvalue weighted by atomic mass is 35.5. The maximum absolute atomic E-state index is 12.7. The van der Waals surface area contributed by atoms with E-state index in [2.05, 4.69) is 42.8 Å². The summed E-state index contributed by atoms with van der Waals surface area (Å²) in [6, 6.07) is 12.3. The van der Waals surface area contributed by atoms with Gasteiger partial charge in [0.25, 0.3) is 16.0 Å². The van der Waals surface area contributed by atoms with Gasteiger partial charge in [0.2, 0.25) is 5.95 Å². The molecule has 2 aromatic heterocycles. The van der Waals surface area contributed by atoms with E-state index in [0.29, 0.717) is 10.6 Å². The Morgan fingerprint density at radius 1 is 1.17 bits per heavy atom. The summed E-state index contributed by atoms with van der Waals surface area (Å²) in [5.74, 6) is 0.180. The summed E-state index contributed by atoms with van der Waals surface area (Å²) in [5.41, 5.74) is 2.24. The average Bonchev–Trinajstić information content (AvgIpc) is 3.10. The molecule has 0 amide bonds. The van der Waals surface area contributed by atoms with Gasteiger partial charge in [-0.2, -0.15) is 4.98 Å². The Balaban J connectivity index is 1.55. The number of anilines is 3. The molecule has 2 heterocycles. The maximum atomic E-state index is 12.7. The Hall–Kier alpha value is -2.82. The summed E-state index contributed by atoms with van der Waals surface area (Å²) >= 11 is 10.2. The lowest BCUT2D eigenvalue weighted by Gasteiger charge is -2.09. The molecule has 0 radical (unpaired) electrons. The SMILES string of the molecule is Cc1cc(S(=O)(=O)Nc2n[nH]c(Nc3ccc4ncccc4c3)n2)c(S)cc1Cl. The number of nitrogens with one attached hydrogen (secondary N) is 3. The lowest BCUT2D eigenvalue weighted by Crippen LogP contribution is -2.15. The van der Waals surface area contributed by atoms with E-state index in [1.54, 1.807) is 13.1 Å². The van der Waals surface area contributed by atoms with E-state index in [0.717, 1.165) is 16.6 Å². The molecule has 11 heteroatoms. The van der Waals surface area contributed by atoms with Gasteiger partial charge >= 0.3 is 0 Å². The fraction of sp³-hybridized carbons (Fsp3) is 0.0556. The first-order valence-electron chi connectivity index (χ1n) is 8.38. The van der Waals surface area contributed by atoms with Crippen LogP contribution in [0.3, 0.4) is 0 Å². The Labute approximate surface area is 177 Å². The van der Waals surface area contributed by atoms with Crippen LogP contribution in [0.5, 0.6) is 0 Å².